The molecule has 2 saturated heterocycles. The molecule has 3 rings (SSSR count). The highest BCUT2D eigenvalue weighted by atomic mass is 19.1. The van der Waals surface area contributed by atoms with E-state index in [1.54, 1.807) is 11.0 Å². The van der Waals surface area contributed by atoms with Crippen molar-refractivity contribution in [2.24, 2.45) is 5.92 Å². The van der Waals surface area contributed by atoms with Crippen LogP contribution in [0.15, 0.2) is 18.2 Å². The molecule has 6 heteroatoms. The van der Waals surface area contributed by atoms with E-state index in [2.05, 4.69) is 18.7 Å². The van der Waals surface area contributed by atoms with Crippen LogP contribution in [0.1, 0.15) is 37.0 Å². The van der Waals surface area contributed by atoms with Crippen molar-refractivity contribution >= 4 is 5.91 Å². The quantitative estimate of drug-likeness (QED) is 0.778. The number of methoxy groups -OCH3 is 1. The van der Waals surface area contributed by atoms with Crippen LogP contribution in [0, 0.1) is 11.7 Å². The number of benzene rings is 1. The van der Waals surface area contributed by atoms with Crippen molar-refractivity contribution in [3.05, 3.63) is 29.6 Å². The Bertz CT molecular complexity index is 625. The Morgan fingerprint density at radius 3 is 2.58 bits per heavy atom. The molecular formula is C20H29FN2O3. The molecule has 0 radical (unpaired) electrons. The minimum atomic E-state index is -0.501. The lowest BCUT2D eigenvalue weighted by molar-refractivity contribution is -0.0294. The first-order chi connectivity index (χ1) is 12.5. The van der Waals surface area contributed by atoms with Crippen molar-refractivity contribution in [3.8, 4) is 5.75 Å². The number of hydrogen-bond acceptors (Lipinski definition) is 4. The van der Waals surface area contributed by atoms with Crippen LogP contribution in [0.5, 0.6) is 5.75 Å². The maximum atomic E-state index is 13.9. The molecule has 1 aromatic carbocycles. The van der Waals surface area contributed by atoms with Gasteiger partial charge in [0.25, 0.3) is 5.91 Å². The number of rotatable bonds is 6. The summed E-state index contributed by atoms with van der Waals surface area (Å²) in [6, 6.07) is 5.31. The second-order valence-corrected chi connectivity index (χ2v) is 7.65. The number of carbonyl (C=O) groups is 1. The molecule has 0 aromatic heterocycles. The minimum Gasteiger partial charge on any atom is -0.494 e. The number of ether oxygens (including phenoxy) is 2. The lowest BCUT2D eigenvalue weighted by atomic mass is 9.97. The standard InChI is InChI=1S/C20H29FN2O3/c1-14(2)11-23(16-6-8-26-9-7-16)17-12-22(13-17)20(24)15-4-5-19(25-3)18(21)10-15/h4-5,10,14,16-17H,6-9,11-13H2,1-3H3. The van der Waals surface area contributed by atoms with E-state index in [0.717, 1.165) is 32.6 Å². The van der Waals surface area contributed by atoms with Gasteiger partial charge in [-0.3, -0.25) is 9.69 Å². The monoisotopic (exact) mass is 364 g/mol. The fraction of sp³-hybridized carbons (Fsp3) is 0.650. The molecule has 0 bridgehead atoms. The predicted octanol–water partition coefficient (Wildman–Crippen LogP) is 2.80. The van der Waals surface area contributed by atoms with Gasteiger partial charge in [0.15, 0.2) is 11.6 Å². The zero-order chi connectivity index (χ0) is 18.7. The molecule has 0 atom stereocenters. The maximum absolute atomic E-state index is 13.9. The Morgan fingerprint density at radius 2 is 2.00 bits per heavy atom. The first-order valence-electron chi connectivity index (χ1n) is 9.46. The molecule has 5 nitrogen and oxygen atoms in total. The predicted molar refractivity (Wildman–Crippen MR) is 98.0 cm³/mol. The Hall–Kier alpha value is -1.66. The zero-order valence-corrected chi connectivity index (χ0v) is 15.9. The third-order valence-corrected chi connectivity index (χ3v) is 5.25. The zero-order valence-electron chi connectivity index (χ0n) is 15.9. The summed E-state index contributed by atoms with van der Waals surface area (Å²) in [4.78, 5) is 17.0. The van der Waals surface area contributed by atoms with E-state index in [0.29, 0.717) is 36.7 Å². The molecule has 0 unspecified atom stereocenters. The Labute approximate surface area is 155 Å². The van der Waals surface area contributed by atoms with Crippen LogP contribution < -0.4 is 4.74 Å². The molecule has 2 aliphatic rings. The van der Waals surface area contributed by atoms with Crippen molar-refractivity contribution in [1.82, 2.24) is 9.80 Å². The Kier molecular flexibility index (Phi) is 6.14. The number of halogens is 1. The highest BCUT2D eigenvalue weighted by Gasteiger charge is 2.38. The molecule has 26 heavy (non-hydrogen) atoms. The van der Waals surface area contributed by atoms with Gasteiger partial charge in [-0.1, -0.05) is 13.8 Å². The maximum Gasteiger partial charge on any atom is 0.254 e. The highest BCUT2D eigenvalue weighted by Crippen LogP contribution is 2.26. The van der Waals surface area contributed by atoms with Crippen LogP contribution in [0.25, 0.3) is 0 Å². The summed E-state index contributed by atoms with van der Waals surface area (Å²) in [6.07, 6.45) is 2.11. The van der Waals surface area contributed by atoms with Crippen LogP contribution >= 0.6 is 0 Å². The van der Waals surface area contributed by atoms with Crippen molar-refractivity contribution in [2.45, 2.75) is 38.8 Å². The smallest absolute Gasteiger partial charge is 0.254 e. The average Bonchev–Trinajstić information content (AvgIpc) is 2.59. The van der Waals surface area contributed by atoms with Gasteiger partial charge in [0.2, 0.25) is 0 Å². The van der Waals surface area contributed by atoms with E-state index < -0.39 is 5.82 Å². The van der Waals surface area contributed by atoms with Crippen LogP contribution in [-0.2, 0) is 4.74 Å². The van der Waals surface area contributed by atoms with Gasteiger partial charge in [0.1, 0.15) is 0 Å². The molecule has 144 valence electrons. The molecule has 0 spiro atoms. The summed E-state index contributed by atoms with van der Waals surface area (Å²) < 4.78 is 24.3. The number of amides is 1. The molecular weight excluding hydrogens is 335 g/mol. The molecule has 0 aliphatic carbocycles. The first kappa shape index (κ1) is 19.1. The Morgan fingerprint density at radius 1 is 1.31 bits per heavy atom. The normalized spacial score (nSPS) is 19.1. The van der Waals surface area contributed by atoms with E-state index >= 15 is 0 Å². The second kappa shape index (κ2) is 8.35. The number of nitrogens with zero attached hydrogens (tertiary/aromatic N) is 2. The second-order valence-electron chi connectivity index (χ2n) is 7.65. The van der Waals surface area contributed by atoms with Crippen molar-refractivity contribution in [1.29, 1.82) is 0 Å². The number of likely N-dealkylation sites (tertiary alicyclic amines) is 1. The highest BCUT2D eigenvalue weighted by molar-refractivity contribution is 5.95. The van der Waals surface area contributed by atoms with E-state index in [-0.39, 0.29) is 11.7 Å². The molecule has 2 aliphatic heterocycles. The summed E-state index contributed by atoms with van der Waals surface area (Å²) >= 11 is 0. The van der Waals surface area contributed by atoms with Gasteiger partial charge in [-0.05, 0) is 37.0 Å². The molecule has 1 amide bonds. The van der Waals surface area contributed by atoms with Gasteiger partial charge in [0.05, 0.1) is 7.11 Å². The van der Waals surface area contributed by atoms with Gasteiger partial charge in [-0.25, -0.2) is 4.39 Å². The summed E-state index contributed by atoms with van der Waals surface area (Å²) in [7, 11) is 1.42. The summed E-state index contributed by atoms with van der Waals surface area (Å²) in [5, 5.41) is 0. The summed E-state index contributed by atoms with van der Waals surface area (Å²) in [6.45, 7) is 8.54. The minimum absolute atomic E-state index is 0.112. The molecule has 0 N–H and O–H groups in total. The number of carbonyl (C=O) groups excluding carboxylic acids is 1. The third kappa shape index (κ3) is 4.18. The summed E-state index contributed by atoms with van der Waals surface area (Å²) in [5.41, 5.74) is 0.378. The number of hydrogen-bond donors (Lipinski definition) is 0. The van der Waals surface area contributed by atoms with E-state index in [9.17, 15) is 9.18 Å². The van der Waals surface area contributed by atoms with Crippen molar-refractivity contribution in [3.63, 3.8) is 0 Å². The van der Waals surface area contributed by atoms with Gasteiger partial charge in [0, 0.05) is 50.5 Å². The van der Waals surface area contributed by atoms with Crippen LogP contribution in [0.4, 0.5) is 4.39 Å². The first-order valence-corrected chi connectivity index (χ1v) is 9.46. The molecule has 2 heterocycles. The van der Waals surface area contributed by atoms with Crippen LogP contribution in [0.2, 0.25) is 0 Å². The summed E-state index contributed by atoms with van der Waals surface area (Å²) in [5.74, 6) is 0.127. The SMILES string of the molecule is COc1ccc(C(=O)N2CC(N(CC(C)C)C3CCOCC3)C2)cc1F. The van der Waals surface area contributed by atoms with Gasteiger partial charge in [-0.2, -0.15) is 0 Å². The fourth-order valence-electron chi connectivity index (χ4n) is 3.85. The fourth-order valence-corrected chi connectivity index (χ4v) is 3.85. The van der Waals surface area contributed by atoms with Crippen LogP contribution in [-0.4, -0.2) is 67.7 Å². The van der Waals surface area contributed by atoms with Gasteiger partial charge < -0.3 is 14.4 Å². The average molecular weight is 364 g/mol. The van der Waals surface area contributed by atoms with Gasteiger partial charge >= 0.3 is 0 Å². The molecule has 1 aromatic rings. The largest absolute Gasteiger partial charge is 0.494 e. The van der Waals surface area contributed by atoms with E-state index in [1.165, 1.54) is 19.2 Å². The molecule has 0 saturated carbocycles. The van der Waals surface area contributed by atoms with Crippen LogP contribution in [0.3, 0.4) is 0 Å². The lowest BCUT2D eigenvalue weighted by Crippen LogP contribution is -2.64. The third-order valence-electron chi connectivity index (χ3n) is 5.25. The Balaban J connectivity index is 1.61. The topological polar surface area (TPSA) is 42.0 Å². The van der Waals surface area contributed by atoms with Crippen molar-refractivity contribution in [2.75, 3.05) is 40.0 Å². The van der Waals surface area contributed by atoms with Crippen molar-refractivity contribution < 1.29 is 18.7 Å². The lowest BCUT2D eigenvalue weighted by Gasteiger charge is -2.49. The van der Waals surface area contributed by atoms with Gasteiger partial charge in [-0.15, -0.1) is 0 Å². The van der Waals surface area contributed by atoms with E-state index in [1.807, 2.05) is 0 Å². The molecule has 2 fully saturated rings. The van der Waals surface area contributed by atoms with E-state index in [4.69, 9.17) is 9.47 Å².